The molecule has 4 rings (SSSR count). The Morgan fingerprint density at radius 2 is 2.17 bits per heavy atom. The van der Waals surface area contributed by atoms with E-state index in [0.29, 0.717) is 23.6 Å². The highest BCUT2D eigenvalue weighted by molar-refractivity contribution is 5.63. The third-order valence-corrected chi connectivity index (χ3v) is 4.29. The first-order valence-corrected chi connectivity index (χ1v) is 7.81. The molecule has 0 amide bonds. The minimum Gasteiger partial charge on any atom is -0.352 e. The fourth-order valence-corrected chi connectivity index (χ4v) is 3.03. The molecule has 8 heteroatoms. The van der Waals surface area contributed by atoms with E-state index in [1.54, 1.807) is 30.6 Å². The minimum absolute atomic E-state index is 0.0755. The van der Waals surface area contributed by atoms with Crippen LogP contribution in [0, 0.1) is 5.82 Å². The molecule has 1 aliphatic rings. The summed E-state index contributed by atoms with van der Waals surface area (Å²) in [4.78, 5) is 18.9. The molecular formula is C16H17FN6O. The molecular weight excluding hydrogens is 311 g/mol. The number of nitrogens with zero attached hydrogens (tertiary/aromatic N) is 5. The molecule has 0 bridgehead atoms. The molecule has 1 aliphatic heterocycles. The molecule has 1 aromatic carbocycles. The van der Waals surface area contributed by atoms with Crippen molar-refractivity contribution < 1.29 is 4.39 Å². The van der Waals surface area contributed by atoms with Gasteiger partial charge in [-0.15, -0.1) is 5.10 Å². The highest BCUT2D eigenvalue weighted by Crippen LogP contribution is 2.20. The molecule has 1 fully saturated rings. The largest absolute Gasteiger partial charge is 0.352 e. The first-order valence-electron chi connectivity index (χ1n) is 7.81. The summed E-state index contributed by atoms with van der Waals surface area (Å²) in [6.07, 6.45) is 4.02. The standard InChI is InChI=1S/C16H17FN6O/c17-13-4-2-1-3-11(13)9-23-16(24)22-8-6-19-14(15(22)20-23)21-7-5-12(18)10-21/h1-4,6,8,12H,5,7,9-10,18H2/t12-/m1/s1. The van der Waals surface area contributed by atoms with Crippen LogP contribution >= 0.6 is 0 Å². The predicted octanol–water partition coefficient (Wildman–Crippen LogP) is 0.616. The summed E-state index contributed by atoms with van der Waals surface area (Å²) in [5.41, 5.74) is 6.52. The Kier molecular flexibility index (Phi) is 3.53. The zero-order valence-corrected chi connectivity index (χ0v) is 13.0. The fourth-order valence-electron chi connectivity index (χ4n) is 3.03. The summed E-state index contributed by atoms with van der Waals surface area (Å²) in [5, 5.41) is 4.37. The van der Waals surface area contributed by atoms with Crippen LogP contribution in [0.4, 0.5) is 10.2 Å². The summed E-state index contributed by atoms with van der Waals surface area (Å²) in [7, 11) is 0. The summed E-state index contributed by atoms with van der Waals surface area (Å²) in [5.74, 6) is 0.278. The Morgan fingerprint density at radius 3 is 2.92 bits per heavy atom. The van der Waals surface area contributed by atoms with Crippen molar-refractivity contribution in [3.8, 4) is 0 Å². The van der Waals surface area contributed by atoms with Crippen molar-refractivity contribution in [1.29, 1.82) is 0 Å². The van der Waals surface area contributed by atoms with Crippen LogP contribution in [0.2, 0.25) is 0 Å². The van der Waals surface area contributed by atoms with Crippen LogP contribution in [-0.2, 0) is 6.54 Å². The normalized spacial score (nSPS) is 17.8. The molecule has 0 aliphatic carbocycles. The number of hydrogen-bond donors (Lipinski definition) is 1. The van der Waals surface area contributed by atoms with Crippen molar-refractivity contribution in [3.63, 3.8) is 0 Å². The SMILES string of the molecule is N[C@@H]1CCN(c2nccn3c(=O)n(Cc4ccccc4F)nc23)C1. The first-order chi connectivity index (χ1) is 11.6. The number of nitrogens with two attached hydrogens (primary N) is 1. The average Bonchev–Trinajstić information content (AvgIpc) is 3.14. The molecule has 24 heavy (non-hydrogen) atoms. The maximum absolute atomic E-state index is 13.8. The van der Waals surface area contributed by atoms with E-state index in [1.807, 2.05) is 4.90 Å². The Morgan fingerprint density at radius 1 is 1.33 bits per heavy atom. The van der Waals surface area contributed by atoms with E-state index < -0.39 is 0 Å². The van der Waals surface area contributed by atoms with Crippen molar-refractivity contribution in [2.45, 2.75) is 19.0 Å². The second-order valence-electron chi connectivity index (χ2n) is 5.97. The van der Waals surface area contributed by atoms with Crippen LogP contribution in [0.5, 0.6) is 0 Å². The molecule has 124 valence electrons. The lowest BCUT2D eigenvalue weighted by Crippen LogP contribution is -2.27. The van der Waals surface area contributed by atoms with Crippen LogP contribution in [0.3, 0.4) is 0 Å². The summed E-state index contributed by atoms with van der Waals surface area (Å²) in [6, 6.07) is 6.46. The first kappa shape index (κ1) is 14.8. The van der Waals surface area contributed by atoms with E-state index in [0.717, 1.165) is 13.0 Å². The van der Waals surface area contributed by atoms with Crippen molar-refractivity contribution in [3.05, 3.63) is 58.5 Å². The number of benzene rings is 1. The zero-order chi connectivity index (χ0) is 16.7. The van der Waals surface area contributed by atoms with Gasteiger partial charge in [-0.3, -0.25) is 0 Å². The van der Waals surface area contributed by atoms with Gasteiger partial charge in [-0.2, -0.15) is 0 Å². The van der Waals surface area contributed by atoms with Gasteiger partial charge in [0.1, 0.15) is 5.82 Å². The smallest absolute Gasteiger partial charge is 0.350 e. The monoisotopic (exact) mass is 328 g/mol. The molecule has 3 aromatic rings. The number of anilines is 1. The highest BCUT2D eigenvalue weighted by Gasteiger charge is 2.24. The quantitative estimate of drug-likeness (QED) is 0.762. The molecule has 0 spiro atoms. The average molecular weight is 328 g/mol. The van der Waals surface area contributed by atoms with E-state index in [2.05, 4.69) is 10.1 Å². The van der Waals surface area contributed by atoms with Gasteiger partial charge in [-0.25, -0.2) is 23.3 Å². The van der Waals surface area contributed by atoms with Gasteiger partial charge in [-0.1, -0.05) is 18.2 Å². The van der Waals surface area contributed by atoms with E-state index >= 15 is 0 Å². The van der Waals surface area contributed by atoms with Crippen LogP contribution < -0.4 is 16.3 Å². The summed E-state index contributed by atoms with van der Waals surface area (Å²) in [6.45, 7) is 1.54. The van der Waals surface area contributed by atoms with Gasteiger partial charge in [0.15, 0.2) is 5.82 Å². The minimum atomic E-state index is -0.356. The van der Waals surface area contributed by atoms with Gasteiger partial charge in [0.2, 0.25) is 5.65 Å². The number of rotatable bonds is 3. The Balaban J connectivity index is 1.77. The van der Waals surface area contributed by atoms with Crippen molar-refractivity contribution in [2.24, 2.45) is 5.73 Å². The molecule has 0 radical (unpaired) electrons. The Bertz CT molecular complexity index is 949. The molecule has 2 aromatic heterocycles. The summed E-state index contributed by atoms with van der Waals surface area (Å²) >= 11 is 0. The lowest BCUT2D eigenvalue weighted by atomic mass is 10.2. The maximum atomic E-state index is 13.8. The van der Waals surface area contributed by atoms with Crippen LogP contribution in [0.1, 0.15) is 12.0 Å². The third-order valence-electron chi connectivity index (χ3n) is 4.29. The molecule has 0 unspecified atom stereocenters. The number of aromatic nitrogens is 4. The Labute approximate surface area is 137 Å². The second kappa shape index (κ2) is 5.72. The number of fused-ring (bicyclic) bond motifs is 1. The third kappa shape index (κ3) is 2.44. The van der Waals surface area contributed by atoms with Crippen molar-refractivity contribution >= 4 is 11.5 Å². The summed E-state index contributed by atoms with van der Waals surface area (Å²) < 4.78 is 16.5. The van der Waals surface area contributed by atoms with Gasteiger partial charge in [0, 0.05) is 37.1 Å². The lowest BCUT2D eigenvalue weighted by Gasteiger charge is -2.16. The van der Waals surface area contributed by atoms with E-state index in [9.17, 15) is 9.18 Å². The van der Waals surface area contributed by atoms with Crippen LogP contribution in [-0.4, -0.2) is 38.3 Å². The molecule has 2 N–H and O–H groups in total. The van der Waals surface area contributed by atoms with E-state index in [1.165, 1.54) is 15.1 Å². The molecule has 0 saturated carbocycles. The van der Waals surface area contributed by atoms with Crippen molar-refractivity contribution in [2.75, 3.05) is 18.0 Å². The van der Waals surface area contributed by atoms with E-state index in [4.69, 9.17) is 5.73 Å². The molecule has 3 heterocycles. The molecule has 1 saturated heterocycles. The predicted molar refractivity (Wildman–Crippen MR) is 87.6 cm³/mol. The molecule has 1 atom stereocenters. The fraction of sp³-hybridized carbons (Fsp3) is 0.312. The molecule has 7 nitrogen and oxygen atoms in total. The van der Waals surface area contributed by atoms with Gasteiger partial charge >= 0.3 is 5.69 Å². The highest BCUT2D eigenvalue weighted by atomic mass is 19.1. The van der Waals surface area contributed by atoms with Gasteiger partial charge < -0.3 is 10.6 Å². The van der Waals surface area contributed by atoms with Crippen LogP contribution in [0.25, 0.3) is 5.65 Å². The lowest BCUT2D eigenvalue weighted by molar-refractivity contribution is 0.578. The topological polar surface area (TPSA) is 81.5 Å². The van der Waals surface area contributed by atoms with Gasteiger partial charge in [0.05, 0.1) is 6.54 Å². The number of hydrogen-bond acceptors (Lipinski definition) is 5. The van der Waals surface area contributed by atoms with Gasteiger partial charge in [0.25, 0.3) is 0 Å². The van der Waals surface area contributed by atoms with Crippen molar-refractivity contribution in [1.82, 2.24) is 19.2 Å². The number of halogens is 1. The second-order valence-corrected chi connectivity index (χ2v) is 5.97. The van der Waals surface area contributed by atoms with E-state index in [-0.39, 0.29) is 24.1 Å². The Hall–Kier alpha value is -2.74. The van der Waals surface area contributed by atoms with Crippen LogP contribution in [0.15, 0.2) is 41.5 Å². The maximum Gasteiger partial charge on any atom is 0.350 e. The zero-order valence-electron chi connectivity index (χ0n) is 13.0. The van der Waals surface area contributed by atoms with Gasteiger partial charge in [-0.05, 0) is 12.5 Å².